The minimum Gasteiger partial charge on any atom is -0.495 e. The fourth-order valence-corrected chi connectivity index (χ4v) is 26.3. The first-order valence-corrected chi connectivity index (χ1v) is 50.3. The van der Waals surface area contributed by atoms with E-state index in [2.05, 4.69) is 112 Å². The second kappa shape index (κ2) is 37.4. The molecule has 736 valence electrons. The van der Waals surface area contributed by atoms with Crippen LogP contribution in [-0.4, -0.2) is 211 Å². The van der Waals surface area contributed by atoms with Gasteiger partial charge in [0.25, 0.3) is 0 Å². The SMILES string of the molecule is COc1cncc2c1[C@]1(O)[C@H](O)[C@H](C(=O)N(C)C3CC3)[C@@H](c3ccccc3)[C@]1(c1ccc(Br)cc1)O2.COc1cncc2c1[C@]1(O)[C@H](O)[C@H](CN(C)C3CC3)[C@@H](c3ccccc3)[C@]1(c1ccc(Br)cc1)O2.COc1cncc2c1[C@]1(O)[C@H](O)[C@H](CN(C)C3CC3)[C@@H](c3ccccc3)[C@]1(c1ccc(C#N)cc1)O2.COc1cncc2c1[C@]1(O)[C@H](O)[C@H](CN(C)C3CC3)[C@@H](c3ccccc3)[C@]1(c1ccc(C#N)cc1)O2. The quantitative estimate of drug-likeness (QED) is 0.0295. The van der Waals surface area contributed by atoms with Crippen LogP contribution in [0.4, 0.5) is 0 Å². The molecule has 24 rings (SSSR count). The number of carbonyl (C=O) groups is 1. The predicted molar refractivity (Wildman–Crippen MR) is 536 cm³/mol. The lowest BCUT2D eigenvalue weighted by atomic mass is 9.70. The second-order valence-corrected chi connectivity index (χ2v) is 42.0. The first-order valence-electron chi connectivity index (χ1n) is 48.7. The molecule has 1 amide bonds. The third-order valence-corrected chi connectivity index (χ3v) is 33.8. The van der Waals surface area contributed by atoms with Gasteiger partial charge in [0.2, 0.25) is 5.91 Å². The normalized spacial score (nSPS) is 30.6. The van der Waals surface area contributed by atoms with E-state index < -0.39 is 92.9 Å². The van der Waals surface area contributed by atoms with Crippen LogP contribution in [0.2, 0.25) is 0 Å². The number of hydrogen-bond acceptors (Lipinski definition) is 26. The number of carbonyl (C=O) groups excluding carboxylic acids is 1. The van der Waals surface area contributed by atoms with Crippen LogP contribution in [0.1, 0.15) is 153 Å². The number of amides is 1. The summed E-state index contributed by atoms with van der Waals surface area (Å²) < 4.78 is 51.4. The fraction of sp³-hybridized carbons (Fsp3) is 0.377. The number of rotatable bonds is 23. The first kappa shape index (κ1) is 96.8. The maximum absolute atomic E-state index is 14.0. The van der Waals surface area contributed by atoms with Gasteiger partial charge >= 0.3 is 0 Å². The lowest BCUT2D eigenvalue weighted by Gasteiger charge is -2.41. The molecule has 8 saturated carbocycles. The van der Waals surface area contributed by atoms with Crippen molar-refractivity contribution in [2.24, 2.45) is 23.7 Å². The maximum Gasteiger partial charge on any atom is 0.229 e. The smallest absolute Gasteiger partial charge is 0.229 e. The van der Waals surface area contributed by atoms with Crippen molar-refractivity contribution in [3.63, 3.8) is 0 Å². The average molecular weight is 2060 g/mol. The van der Waals surface area contributed by atoms with Crippen molar-refractivity contribution in [1.82, 2.24) is 39.5 Å². The number of aromatic nitrogens is 4. The van der Waals surface area contributed by atoms with Crippen LogP contribution in [0.3, 0.4) is 0 Å². The number of methoxy groups -OCH3 is 4. The van der Waals surface area contributed by atoms with E-state index in [0.29, 0.717) is 134 Å². The summed E-state index contributed by atoms with van der Waals surface area (Å²) in [6.07, 6.45) is 16.3. The highest BCUT2D eigenvalue weighted by atomic mass is 79.9. The molecule has 8 heterocycles. The number of aliphatic hydroxyl groups excluding tert-OH is 4. The zero-order valence-electron chi connectivity index (χ0n) is 80.4. The zero-order valence-corrected chi connectivity index (χ0v) is 83.6. The molecule has 4 aromatic heterocycles. The fourth-order valence-electron chi connectivity index (χ4n) is 25.7. The number of hydrogen-bond donors (Lipinski definition) is 8. The Hall–Kier alpha value is -12.3. The standard InChI is InChI=1S/2C29H29N3O4.C28H27BrN2O5.C28H29BrN2O4/c2*1-32(21-12-13-21)17-22-25(19-6-4-3-5-7-19)29(20-10-8-18(14-30)9-11-20)28(34,27(22)33)26-23(35-2)15-31-16-24(26)36-29;1-31(19-12-13-19)26(33)22-23(16-6-4-3-5-7-16)28(17-8-10-18(29)11-9-17)27(34,25(22)32)24-20(35-2)14-30-15-21(24)36-28;1-31(20-12-13-20)16-21-24(17-6-4-3-5-7-17)28(18-8-10-19(29)11-9-18)27(33,26(21)32)25-22(34-2)14-30-15-23(25)35-28/h2*3-11,15-16,21-22,25,27,33-34H,12-13,17H2,1-2H3;3-11,14-15,19,22-23,25,32,34H,12-13H2,1-2H3;3-11,14-15,20-21,24,26,32-33H,12-13,16H2,1-2H3/t2*22-,25-,27-,28+,29+;22-,23-,25-,27+,28+;21-,24-,26-,27+,28+/m1111/s1. The summed E-state index contributed by atoms with van der Waals surface area (Å²) in [4.78, 5) is 39.7. The molecule has 8 N–H and O–H groups in total. The molecule has 143 heavy (non-hydrogen) atoms. The average Bonchev–Trinajstić information content (AvgIpc) is 1.51. The van der Waals surface area contributed by atoms with Crippen LogP contribution in [0, 0.1) is 46.3 Å². The number of nitriles is 2. The monoisotopic (exact) mass is 2050 g/mol. The molecule has 29 heteroatoms. The third-order valence-electron chi connectivity index (χ3n) is 32.7. The topological polar surface area (TPSA) is 365 Å². The van der Waals surface area contributed by atoms with Crippen molar-refractivity contribution in [1.29, 1.82) is 10.5 Å². The van der Waals surface area contributed by atoms with E-state index >= 15 is 0 Å². The van der Waals surface area contributed by atoms with Gasteiger partial charge in [-0.2, -0.15) is 10.5 Å². The number of fused-ring (bicyclic) bond motifs is 12. The molecule has 0 unspecified atom stereocenters. The number of benzene rings is 8. The summed E-state index contributed by atoms with van der Waals surface area (Å²) in [5.74, 6) is -1.01. The van der Waals surface area contributed by atoms with E-state index in [-0.39, 0.29) is 35.6 Å². The van der Waals surface area contributed by atoms with Gasteiger partial charge in [0.15, 0.2) is 44.8 Å². The molecule has 20 atom stereocenters. The van der Waals surface area contributed by atoms with Crippen molar-refractivity contribution in [3.8, 4) is 58.1 Å². The van der Waals surface area contributed by atoms with Crippen LogP contribution < -0.4 is 37.9 Å². The van der Waals surface area contributed by atoms with Gasteiger partial charge in [-0.15, -0.1) is 0 Å². The van der Waals surface area contributed by atoms with Gasteiger partial charge < -0.3 is 98.3 Å². The highest BCUT2D eigenvalue weighted by Gasteiger charge is 2.82. The number of pyridine rings is 4. The first-order chi connectivity index (χ1) is 69.2. The highest BCUT2D eigenvalue weighted by Crippen LogP contribution is 2.75. The van der Waals surface area contributed by atoms with E-state index in [9.17, 15) is 56.2 Å². The Balaban J connectivity index is 0.000000113. The van der Waals surface area contributed by atoms with Gasteiger partial charge in [0.1, 0.15) is 52.1 Å². The molecule has 0 radical (unpaired) electrons. The Morgan fingerprint density at radius 1 is 0.350 bits per heavy atom. The highest BCUT2D eigenvalue weighted by molar-refractivity contribution is 9.10. The Morgan fingerprint density at radius 3 is 0.832 bits per heavy atom. The van der Waals surface area contributed by atoms with Crippen LogP contribution in [0.15, 0.2) is 277 Å². The zero-order chi connectivity index (χ0) is 99.8. The summed E-state index contributed by atoms with van der Waals surface area (Å²) in [6, 6.07) is 75.0. The minimum atomic E-state index is -1.99. The summed E-state index contributed by atoms with van der Waals surface area (Å²) in [5.41, 5.74) is -3.75. The van der Waals surface area contributed by atoms with E-state index in [1.54, 1.807) is 80.5 Å². The molecule has 0 saturated heterocycles. The molecule has 8 aliphatic carbocycles. The molecular formula is C114H114Br2N10O17. The largest absolute Gasteiger partial charge is 0.495 e. The van der Waals surface area contributed by atoms with Crippen molar-refractivity contribution >= 4 is 37.8 Å². The number of ether oxygens (including phenoxy) is 8. The molecule has 12 aromatic rings. The maximum atomic E-state index is 14.0. The van der Waals surface area contributed by atoms with Gasteiger partial charge in [-0.3, -0.25) is 24.7 Å². The van der Waals surface area contributed by atoms with Crippen LogP contribution in [0.25, 0.3) is 0 Å². The van der Waals surface area contributed by atoms with E-state index in [1.165, 1.54) is 33.7 Å². The van der Waals surface area contributed by atoms with Gasteiger partial charge in [-0.05, 0) is 166 Å². The minimum absolute atomic E-state index is 0.145. The second-order valence-electron chi connectivity index (χ2n) is 40.2. The van der Waals surface area contributed by atoms with Crippen molar-refractivity contribution in [2.45, 2.75) is 168 Å². The number of nitrogens with zero attached hydrogens (tertiary/aromatic N) is 10. The summed E-state index contributed by atoms with van der Waals surface area (Å²) in [6.45, 7) is 1.83. The lowest BCUT2D eigenvalue weighted by Crippen LogP contribution is -2.52. The molecule has 12 aliphatic rings. The predicted octanol–water partition coefficient (Wildman–Crippen LogP) is 14.5. The van der Waals surface area contributed by atoms with Gasteiger partial charge in [-0.25, -0.2) is 0 Å². The van der Waals surface area contributed by atoms with E-state index in [4.69, 9.17) is 37.9 Å². The summed E-state index contributed by atoms with van der Waals surface area (Å²) in [5, 5.41) is 118. The van der Waals surface area contributed by atoms with Crippen LogP contribution in [-0.2, 0) is 49.6 Å². The molecule has 8 fully saturated rings. The molecule has 0 bridgehead atoms. The van der Waals surface area contributed by atoms with Gasteiger partial charge in [0.05, 0.1) is 148 Å². The number of halogens is 2. The van der Waals surface area contributed by atoms with Crippen molar-refractivity contribution in [2.75, 3.05) is 76.3 Å². The Kier molecular flexibility index (Phi) is 25.3. The summed E-state index contributed by atoms with van der Waals surface area (Å²) in [7, 11) is 14.1. The van der Waals surface area contributed by atoms with E-state index in [1.807, 2.05) is 182 Å². The van der Waals surface area contributed by atoms with Crippen LogP contribution >= 0.6 is 31.9 Å². The summed E-state index contributed by atoms with van der Waals surface area (Å²) >= 11 is 7.03. The Labute approximate surface area is 847 Å². The molecule has 4 aliphatic heterocycles. The van der Waals surface area contributed by atoms with Gasteiger partial charge in [-0.1, -0.05) is 202 Å². The van der Waals surface area contributed by atoms with Crippen molar-refractivity contribution < 1.29 is 83.5 Å². The molecule has 8 aromatic carbocycles. The van der Waals surface area contributed by atoms with Crippen molar-refractivity contribution in [3.05, 3.63) is 355 Å². The lowest BCUT2D eigenvalue weighted by molar-refractivity contribution is -0.156. The van der Waals surface area contributed by atoms with Crippen LogP contribution in [0.5, 0.6) is 46.0 Å². The third kappa shape index (κ3) is 15.0. The van der Waals surface area contributed by atoms with Gasteiger partial charge in [0, 0.05) is 101 Å². The Bertz CT molecular complexity index is 6610. The molecule has 0 spiro atoms. The Morgan fingerprint density at radius 2 is 0.587 bits per heavy atom. The molecular weight excluding hydrogens is 1940 g/mol. The number of aliphatic hydroxyl groups is 8. The van der Waals surface area contributed by atoms with E-state index in [0.717, 1.165) is 88.1 Å². The molecule has 27 nitrogen and oxygen atoms in total.